The lowest BCUT2D eigenvalue weighted by Crippen LogP contribution is -2.58. The van der Waals surface area contributed by atoms with Gasteiger partial charge in [0.2, 0.25) is 0 Å². The first-order valence-electron chi connectivity index (χ1n) is 9.67. The second kappa shape index (κ2) is 9.11. The van der Waals surface area contributed by atoms with Crippen LogP contribution < -0.4 is 10.9 Å². The van der Waals surface area contributed by atoms with Crippen LogP contribution in [0.4, 0.5) is 0 Å². The molecule has 6 nitrogen and oxygen atoms in total. The van der Waals surface area contributed by atoms with E-state index in [4.69, 9.17) is 4.74 Å². The highest BCUT2D eigenvalue weighted by atomic mass is 35.5. The number of pyridine rings is 1. The Kier molecular flexibility index (Phi) is 7.27. The van der Waals surface area contributed by atoms with Crippen LogP contribution in [0.3, 0.4) is 0 Å². The Balaban J connectivity index is 0.00000300. The van der Waals surface area contributed by atoms with Crippen LogP contribution in [0.25, 0.3) is 11.1 Å². The number of piperidine rings is 1. The zero-order chi connectivity index (χ0) is 20.4. The molecule has 1 saturated heterocycles. The number of aromatic nitrogens is 1. The van der Waals surface area contributed by atoms with Crippen LogP contribution >= 0.6 is 12.4 Å². The third-order valence-electron chi connectivity index (χ3n) is 5.68. The monoisotopic (exact) mass is 420 g/mol. The van der Waals surface area contributed by atoms with Crippen LogP contribution in [0.5, 0.6) is 0 Å². The lowest BCUT2D eigenvalue weighted by molar-refractivity contribution is -0.0998. The highest BCUT2D eigenvalue weighted by Gasteiger charge is 2.45. The van der Waals surface area contributed by atoms with Gasteiger partial charge in [0.05, 0.1) is 24.3 Å². The van der Waals surface area contributed by atoms with Gasteiger partial charge in [-0.2, -0.15) is 0 Å². The lowest BCUT2D eigenvalue weighted by Gasteiger charge is -2.47. The summed E-state index contributed by atoms with van der Waals surface area (Å²) < 4.78 is 6.65. The van der Waals surface area contributed by atoms with E-state index < -0.39 is 17.0 Å². The number of halogens is 1. The molecule has 0 aliphatic carbocycles. The zero-order valence-corrected chi connectivity index (χ0v) is 17.9. The standard InChI is InChI=1S/C22H28N2O4.ClH/c1-4-28-20(26)18-13-24(15-22(27)10-11-23-14-21(22,2)3)19(25)12-17(18)16-8-6-5-7-9-16;/h5-9,12-13,23,27H,4,10-11,14-15H2,1-3H3;1H/t22-;/m1./s1. The van der Waals surface area contributed by atoms with Crippen molar-refractivity contribution in [3.63, 3.8) is 0 Å². The summed E-state index contributed by atoms with van der Waals surface area (Å²) >= 11 is 0. The molecule has 158 valence electrons. The molecule has 0 radical (unpaired) electrons. The maximum atomic E-state index is 12.9. The van der Waals surface area contributed by atoms with E-state index in [0.29, 0.717) is 30.6 Å². The largest absolute Gasteiger partial charge is 0.462 e. The quantitative estimate of drug-likeness (QED) is 0.727. The maximum Gasteiger partial charge on any atom is 0.340 e. The number of nitrogens with zero attached hydrogens (tertiary/aromatic N) is 1. The smallest absolute Gasteiger partial charge is 0.340 e. The molecule has 0 unspecified atom stereocenters. The first-order valence-corrected chi connectivity index (χ1v) is 9.67. The number of rotatable bonds is 5. The molecular weight excluding hydrogens is 392 g/mol. The van der Waals surface area contributed by atoms with E-state index in [1.54, 1.807) is 6.92 Å². The van der Waals surface area contributed by atoms with Gasteiger partial charge in [-0.3, -0.25) is 4.79 Å². The SMILES string of the molecule is CCOC(=O)c1cn(C[C@]2(O)CCNCC2(C)C)c(=O)cc1-c1ccccc1.Cl. The van der Waals surface area contributed by atoms with E-state index in [9.17, 15) is 14.7 Å². The van der Waals surface area contributed by atoms with E-state index in [1.807, 2.05) is 44.2 Å². The summed E-state index contributed by atoms with van der Waals surface area (Å²) in [5.74, 6) is -0.480. The second-order valence-corrected chi connectivity index (χ2v) is 8.00. The predicted molar refractivity (Wildman–Crippen MR) is 116 cm³/mol. The molecule has 2 aromatic rings. The first kappa shape index (κ1) is 23.1. The van der Waals surface area contributed by atoms with Crippen molar-refractivity contribution in [1.82, 2.24) is 9.88 Å². The topological polar surface area (TPSA) is 80.6 Å². The van der Waals surface area contributed by atoms with E-state index >= 15 is 0 Å². The van der Waals surface area contributed by atoms with Gasteiger partial charge in [-0.25, -0.2) is 4.79 Å². The summed E-state index contributed by atoms with van der Waals surface area (Å²) in [7, 11) is 0. The van der Waals surface area contributed by atoms with E-state index in [1.165, 1.54) is 16.8 Å². The molecule has 1 aliphatic heterocycles. The number of esters is 1. The molecule has 7 heteroatoms. The molecule has 1 atom stereocenters. The number of aliphatic hydroxyl groups is 1. The average Bonchev–Trinajstić information content (AvgIpc) is 2.66. The summed E-state index contributed by atoms with van der Waals surface area (Å²) in [4.78, 5) is 25.4. The molecule has 0 bridgehead atoms. The molecule has 1 fully saturated rings. The Morgan fingerprint density at radius 2 is 1.97 bits per heavy atom. The van der Waals surface area contributed by atoms with Crippen LogP contribution in [0.1, 0.15) is 37.6 Å². The number of benzene rings is 1. The van der Waals surface area contributed by atoms with E-state index in [2.05, 4.69) is 5.32 Å². The molecule has 3 rings (SSSR count). The van der Waals surface area contributed by atoms with Gasteiger partial charge in [0.15, 0.2) is 0 Å². The van der Waals surface area contributed by atoms with Crippen LogP contribution in [0, 0.1) is 5.41 Å². The molecule has 1 aromatic heterocycles. The van der Waals surface area contributed by atoms with Crippen molar-refractivity contribution in [2.45, 2.75) is 39.3 Å². The summed E-state index contributed by atoms with van der Waals surface area (Å²) in [6.07, 6.45) is 2.06. The third kappa shape index (κ3) is 4.71. The van der Waals surface area contributed by atoms with Crippen LogP contribution in [0.2, 0.25) is 0 Å². The molecule has 1 aliphatic rings. The summed E-state index contributed by atoms with van der Waals surface area (Å²) in [5.41, 5.74) is -0.0833. The zero-order valence-electron chi connectivity index (χ0n) is 17.1. The van der Waals surface area contributed by atoms with Gasteiger partial charge < -0.3 is 19.7 Å². The summed E-state index contributed by atoms with van der Waals surface area (Å²) in [5, 5.41) is 14.6. The van der Waals surface area contributed by atoms with Gasteiger partial charge in [-0.15, -0.1) is 12.4 Å². The summed E-state index contributed by atoms with van der Waals surface area (Å²) in [6.45, 7) is 7.42. The fourth-order valence-corrected chi connectivity index (χ4v) is 3.70. The van der Waals surface area contributed by atoms with Gasteiger partial charge >= 0.3 is 5.97 Å². The van der Waals surface area contributed by atoms with E-state index in [-0.39, 0.29) is 31.1 Å². The van der Waals surface area contributed by atoms with Crippen molar-refractivity contribution in [3.05, 3.63) is 58.5 Å². The first-order chi connectivity index (χ1) is 13.3. The Bertz CT molecular complexity index is 911. The predicted octanol–water partition coefficient (Wildman–Crippen LogP) is 2.86. The minimum Gasteiger partial charge on any atom is -0.462 e. The molecule has 2 heterocycles. The van der Waals surface area contributed by atoms with Crippen molar-refractivity contribution < 1.29 is 14.6 Å². The second-order valence-electron chi connectivity index (χ2n) is 8.00. The number of hydrogen-bond acceptors (Lipinski definition) is 5. The molecule has 2 N–H and O–H groups in total. The highest BCUT2D eigenvalue weighted by molar-refractivity contribution is 5.96. The van der Waals surface area contributed by atoms with Crippen molar-refractivity contribution in [2.24, 2.45) is 5.41 Å². The van der Waals surface area contributed by atoms with Crippen molar-refractivity contribution in [3.8, 4) is 11.1 Å². The van der Waals surface area contributed by atoms with Gasteiger partial charge in [-0.05, 0) is 25.5 Å². The number of carbonyl (C=O) groups is 1. The molecule has 29 heavy (non-hydrogen) atoms. The van der Waals surface area contributed by atoms with E-state index in [0.717, 1.165) is 5.56 Å². The number of ether oxygens (including phenoxy) is 1. The minimum atomic E-state index is -1.05. The highest BCUT2D eigenvalue weighted by Crippen LogP contribution is 2.37. The average molecular weight is 421 g/mol. The van der Waals surface area contributed by atoms with Gasteiger partial charge in [0, 0.05) is 29.8 Å². The molecule has 0 spiro atoms. The molecule has 1 aromatic carbocycles. The van der Waals surface area contributed by atoms with Crippen molar-refractivity contribution in [2.75, 3.05) is 19.7 Å². The lowest BCUT2D eigenvalue weighted by atomic mass is 9.70. The molecule has 0 saturated carbocycles. The summed E-state index contributed by atoms with van der Waals surface area (Å²) in [6, 6.07) is 10.8. The Hall–Kier alpha value is -2.15. The maximum absolute atomic E-state index is 12.9. The van der Waals surface area contributed by atoms with Crippen LogP contribution in [-0.2, 0) is 11.3 Å². The Labute approximate surface area is 177 Å². The van der Waals surface area contributed by atoms with Crippen molar-refractivity contribution in [1.29, 1.82) is 0 Å². The Morgan fingerprint density at radius 3 is 2.59 bits per heavy atom. The van der Waals surface area contributed by atoms with Crippen molar-refractivity contribution >= 4 is 18.4 Å². The number of nitrogens with one attached hydrogen (secondary N) is 1. The number of carbonyl (C=O) groups excluding carboxylic acids is 1. The minimum absolute atomic E-state index is 0. The van der Waals surface area contributed by atoms with Gasteiger partial charge in [0.25, 0.3) is 5.56 Å². The fraction of sp³-hybridized carbons (Fsp3) is 0.455. The number of hydrogen-bond donors (Lipinski definition) is 2. The van der Waals surface area contributed by atoms with Crippen LogP contribution in [0.15, 0.2) is 47.4 Å². The molecule has 0 amide bonds. The third-order valence-corrected chi connectivity index (χ3v) is 5.68. The fourth-order valence-electron chi connectivity index (χ4n) is 3.70. The normalized spacial score (nSPS) is 20.6. The van der Waals surface area contributed by atoms with Gasteiger partial charge in [-0.1, -0.05) is 44.2 Å². The molecular formula is C22H29ClN2O4. The van der Waals surface area contributed by atoms with Crippen LogP contribution in [-0.4, -0.2) is 40.9 Å². The van der Waals surface area contributed by atoms with Gasteiger partial charge in [0.1, 0.15) is 0 Å². The Morgan fingerprint density at radius 1 is 1.28 bits per heavy atom.